The van der Waals surface area contributed by atoms with Crippen LogP contribution in [0, 0.1) is 5.92 Å². The molecule has 93 heavy (non-hydrogen) atoms. The van der Waals surface area contributed by atoms with Gasteiger partial charge in [-0.1, -0.05) is 336 Å². The minimum Gasteiger partial charge on any atom is -0.462 e. The Morgan fingerprint density at radius 2 is 0.495 bits per heavy atom. The van der Waals surface area contributed by atoms with Crippen LogP contribution in [0.5, 0.6) is 0 Å². The van der Waals surface area contributed by atoms with E-state index in [4.69, 9.17) is 37.0 Å². The highest BCUT2D eigenvalue weighted by atomic mass is 31.2. The first kappa shape index (κ1) is 91.1. The number of aliphatic hydroxyl groups excluding tert-OH is 1. The van der Waals surface area contributed by atoms with E-state index in [0.717, 1.165) is 96.3 Å². The van der Waals surface area contributed by atoms with Gasteiger partial charge in [0.25, 0.3) is 0 Å². The van der Waals surface area contributed by atoms with Crippen LogP contribution in [0.3, 0.4) is 0 Å². The number of ether oxygens (including phenoxy) is 4. The molecule has 552 valence electrons. The van der Waals surface area contributed by atoms with Crippen LogP contribution in [0.2, 0.25) is 0 Å². The van der Waals surface area contributed by atoms with Gasteiger partial charge in [-0.05, 0) is 31.6 Å². The van der Waals surface area contributed by atoms with E-state index in [1.807, 2.05) is 0 Å². The minimum absolute atomic E-state index is 0.107. The molecule has 0 rings (SSSR count). The first-order chi connectivity index (χ1) is 45.0. The average Bonchev–Trinajstić information content (AvgIpc) is 3.24. The van der Waals surface area contributed by atoms with Crippen LogP contribution in [-0.4, -0.2) is 96.7 Å². The van der Waals surface area contributed by atoms with Gasteiger partial charge in [0, 0.05) is 25.7 Å². The molecule has 0 bridgehead atoms. The number of carbonyl (C=O) groups is 4. The van der Waals surface area contributed by atoms with Crippen molar-refractivity contribution < 1.29 is 80.2 Å². The molecule has 17 nitrogen and oxygen atoms in total. The molecule has 0 aromatic rings. The largest absolute Gasteiger partial charge is 0.472 e. The van der Waals surface area contributed by atoms with Crippen LogP contribution < -0.4 is 0 Å². The molecular weight excluding hydrogens is 1220 g/mol. The topological polar surface area (TPSA) is 237 Å². The second kappa shape index (κ2) is 67.3. The lowest BCUT2D eigenvalue weighted by atomic mass is 10.0. The molecule has 0 radical (unpaired) electrons. The van der Waals surface area contributed by atoms with Crippen LogP contribution in [0.15, 0.2) is 0 Å². The molecule has 0 aliphatic rings. The standard InChI is InChI=1S/C74H144O17P2/c1-6-9-12-15-18-21-24-27-28-29-30-31-34-37-40-43-50-55-60-73(78)90-69(63-84-71(76)57-52-47-41-38-35-32-25-22-19-16-13-10-7-2)65-88-92(80,81)86-61-68(75)62-87-93(82,83)89-66-70(64-85-72(77)58-53-48-45-44-46-51-56-67(4)5)91-74(79)59-54-49-42-39-36-33-26-23-20-17-14-11-8-3/h67-70,75H,6-66H2,1-5H3,(H,80,81)(H,82,83)/t68-,69-,70-/m1/s1. The number of rotatable bonds is 74. The van der Waals surface area contributed by atoms with Crippen LogP contribution in [-0.2, 0) is 65.4 Å². The highest BCUT2D eigenvalue weighted by Crippen LogP contribution is 2.45. The monoisotopic (exact) mass is 1370 g/mol. The molecule has 0 aliphatic carbocycles. The molecule has 5 atom stereocenters. The predicted molar refractivity (Wildman–Crippen MR) is 377 cm³/mol. The van der Waals surface area contributed by atoms with Gasteiger partial charge in [-0.25, -0.2) is 9.13 Å². The number of aliphatic hydroxyl groups is 1. The summed E-state index contributed by atoms with van der Waals surface area (Å²) in [5.74, 6) is -1.44. The van der Waals surface area contributed by atoms with Gasteiger partial charge >= 0.3 is 39.5 Å². The first-order valence-electron chi connectivity index (χ1n) is 38.6. The Balaban J connectivity index is 5.22. The van der Waals surface area contributed by atoms with Gasteiger partial charge in [-0.2, -0.15) is 0 Å². The highest BCUT2D eigenvalue weighted by molar-refractivity contribution is 7.47. The number of hydrogen-bond donors (Lipinski definition) is 3. The van der Waals surface area contributed by atoms with Crippen LogP contribution in [0.25, 0.3) is 0 Å². The molecule has 0 spiro atoms. The summed E-state index contributed by atoms with van der Waals surface area (Å²) in [4.78, 5) is 72.7. The Labute approximate surface area is 568 Å². The third-order valence-electron chi connectivity index (χ3n) is 17.3. The van der Waals surface area contributed by atoms with Gasteiger partial charge in [0.2, 0.25) is 0 Å². The molecule has 0 heterocycles. The number of phosphoric ester groups is 2. The van der Waals surface area contributed by atoms with Crippen molar-refractivity contribution in [1.29, 1.82) is 0 Å². The lowest BCUT2D eigenvalue weighted by Gasteiger charge is -2.21. The summed E-state index contributed by atoms with van der Waals surface area (Å²) in [5, 5.41) is 10.6. The Morgan fingerprint density at radius 3 is 0.731 bits per heavy atom. The van der Waals surface area contributed by atoms with Crippen molar-refractivity contribution in [2.75, 3.05) is 39.6 Å². The molecule has 0 saturated carbocycles. The molecule has 19 heteroatoms. The van der Waals surface area contributed by atoms with Gasteiger partial charge in [0.15, 0.2) is 12.2 Å². The van der Waals surface area contributed by atoms with Gasteiger partial charge in [-0.15, -0.1) is 0 Å². The summed E-state index contributed by atoms with van der Waals surface area (Å²) >= 11 is 0. The normalized spacial score (nSPS) is 14.0. The Morgan fingerprint density at radius 1 is 0.290 bits per heavy atom. The molecule has 0 amide bonds. The molecular formula is C74H144O17P2. The van der Waals surface area contributed by atoms with Crippen molar-refractivity contribution in [3.8, 4) is 0 Å². The van der Waals surface area contributed by atoms with E-state index in [1.54, 1.807) is 0 Å². The average molecular weight is 1370 g/mol. The maximum Gasteiger partial charge on any atom is 0.472 e. The minimum atomic E-state index is -4.95. The van der Waals surface area contributed by atoms with Gasteiger partial charge in [-0.3, -0.25) is 37.3 Å². The number of esters is 4. The van der Waals surface area contributed by atoms with Crippen LogP contribution in [0.1, 0.15) is 388 Å². The summed E-state index contributed by atoms with van der Waals surface area (Å²) in [5.41, 5.74) is 0. The summed E-state index contributed by atoms with van der Waals surface area (Å²) in [7, 11) is -9.90. The Bertz CT molecular complexity index is 1790. The van der Waals surface area contributed by atoms with E-state index >= 15 is 0 Å². The molecule has 2 unspecified atom stereocenters. The van der Waals surface area contributed by atoms with Crippen molar-refractivity contribution >= 4 is 39.5 Å². The third kappa shape index (κ3) is 68.4. The van der Waals surface area contributed by atoms with Gasteiger partial charge < -0.3 is 33.8 Å². The van der Waals surface area contributed by atoms with E-state index in [9.17, 15) is 43.2 Å². The first-order valence-corrected chi connectivity index (χ1v) is 41.6. The number of unbranched alkanes of at least 4 members (excludes halogenated alkanes) is 46. The quantitative estimate of drug-likeness (QED) is 0.0222. The zero-order valence-electron chi connectivity index (χ0n) is 60.4. The summed E-state index contributed by atoms with van der Waals surface area (Å²) in [6.07, 6.45) is 55.5. The molecule has 3 N–H and O–H groups in total. The van der Waals surface area contributed by atoms with E-state index < -0.39 is 97.5 Å². The molecule has 0 saturated heterocycles. The Hall–Kier alpha value is -1.94. The van der Waals surface area contributed by atoms with Crippen molar-refractivity contribution in [3.63, 3.8) is 0 Å². The smallest absolute Gasteiger partial charge is 0.462 e. The van der Waals surface area contributed by atoms with Gasteiger partial charge in [0.1, 0.15) is 19.3 Å². The van der Waals surface area contributed by atoms with Gasteiger partial charge in [0.05, 0.1) is 26.4 Å². The third-order valence-corrected chi connectivity index (χ3v) is 19.2. The molecule has 0 aromatic carbocycles. The summed E-state index contributed by atoms with van der Waals surface area (Å²) in [6, 6.07) is 0. The van der Waals surface area contributed by atoms with E-state index in [-0.39, 0.29) is 25.7 Å². The Kier molecular flexibility index (Phi) is 65.9. The summed E-state index contributed by atoms with van der Waals surface area (Å²) in [6.45, 7) is 7.20. The van der Waals surface area contributed by atoms with E-state index in [1.165, 1.54) is 205 Å². The van der Waals surface area contributed by atoms with E-state index in [0.29, 0.717) is 31.6 Å². The number of hydrogen-bond acceptors (Lipinski definition) is 15. The van der Waals surface area contributed by atoms with Crippen molar-refractivity contribution in [1.82, 2.24) is 0 Å². The van der Waals surface area contributed by atoms with Crippen molar-refractivity contribution in [2.45, 2.75) is 406 Å². The lowest BCUT2D eigenvalue weighted by Crippen LogP contribution is -2.30. The maximum absolute atomic E-state index is 13.1. The summed E-state index contributed by atoms with van der Waals surface area (Å²) < 4.78 is 68.4. The van der Waals surface area contributed by atoms with Crippen molar-refractivity contribution in [2.24, 2.45) is 5.92 Å². The fourth-order valence-electron chi connectivity index (χ4n) is 11.4. The fourth-order valence-corrected chi connectivity index (χ4v) is 12.9. The molecule has 0 aromatic heterocycles. The predicted octanol–water partition coefficient (Wildman–Crippen LogP) is 21.7. The van der Waals surface area contributed by atoms with Crippen molar-refractivity contribution in [3.05, 3.63) is 0 Å². The zero-order valence-corrected chi connectivity index (χ0v) is 62.2. The lowest BCUT2D eigenvalue weighted by molar-refractivity contribution is -0.161. The number of carbonyl (C=O) groups excluding carboxylic acids is 4. The highest BCUT2D eigenvalue weighted by Gasteiger charge is 2.30. The number of phosphoric acid groups is 2. The SMILES string of the molecule is CCCCCCCCCCCCCCCCCCCCC(=O)O[C@H](COC(=O)CCCCCCCCCCCCCCC)COP(=O)(O)OC[C@@H](O)COP(=O)(O)OC[C@@H](COC(=O)CCCCCCCCC(C)C)OC(=O)CCCCCCCCCCCCCCC. The fraction of sp³-hybridized carbons (Fsp3) is 0.946. The van der Waals surface area contributed by atoms with Crippen LogP contribution >= 0.6 is 15.6 Å². The second-order valence-electron chi connectivity index (χ2n) is 27.2. The van der Waals surface area contributed by atoms with E-state index in [2.05, 4.69) is 34.6 Å². The van der Waals surface area contributed by atoms with Crippen LogP contribution in [0.4, 0.5) is 0 Å². The second-order valence-corrected chi connectivity index (χ2v) is 30.1. The maximum atomic E-state index is 13.1. The zero-order chi connectivity index (χ0) is 68.4. The molecule has 0 aliphatic heterocycles. The molecule has 0 fully saturated rings.